The molecule has 0 saturated carbocycles. The van der Waals surface area contributed by atoms with Gasteiger partial charge in [-0.3, -0.25) is 4.79 Å². The lowest BCUT2D eigenvalue weighted by atomic mass is 10.1. The summed E-state index contributed by atoms with van der Waals surface area (Å²) in [7, 11) is 0. The number of hydrogen-bond donors (Lipinski definition) is 1. The summed E-state index contributed by atoms with van der Waals surface area (Å²) in [6.07, 6.45) is 2.37. The lowest BCUT2D eigenvalue weighted by Crippen LogP contribution is -2.42. The van der Waals surface area contributed by atoms with Gasteiger partial charge in [0, 0.05) is 43.6 Å². The van der Waals surface area contributed by atoms with E-state index in [2.05, 4.69) is 24.0 Å². The van der Waals surface area contributed by atoms with E-state index in [1.54, 1.807) is 6.08 Å². The van der Waals surface area contributed by atoms with Crippen LogP contribution < -0.4 is 5.32 Å². The van der Waals surface area contributed by atoms with Crippen molar-refractivity contribution in [3.63, 3.8) is 0 Å². The molecule has 4 heteroatoms. The van der Waals surface area contributed by atoms with Crippen LogP contribution in [0.15, 0.2) is 43.0 Å². The zero-order valence-corrected chi connectivity index (χ0v) is 12.6. The fourth-order valence-electron chi connectivity index (χ4n) is 2.30. The zero-order valence-electron chi connectivity index (χ0n) is 11.8. The molecule has 0 bridgehead atoms. The van der Waals surface area contributed by atoms with Gasteiger partial charge in [0.25, 0.3) is 0 Å². The minimum absolute atomic E-state index is 0.203. The lowest BCUT2D eigenvalue weighted by Gasteiger charge is -2.27. The molecule has 1 aromatic carbocycles. The molecule has 2 rings (SSSR count). The number of rotatable bonds is 6. The van der Waals surface area contributed by atoms with E-state index < -0.39 is 0 Å². The van der Waals surface area contributed by atoms with Gasteiger partial charge in [0.2, 0.25) is 5.91 Å². The topological polar surface area (TPSA) is 32.3 Å². The zero-order chi connectivity index (χ0) is 14.2. The number of nitrogens with one attached hydrogen (secondary N) is 1. The Bertz CT molecular complexity index is 429. The fraction of sp³-hybridized carbons (Fsp3) is 0.438. The predicted octanol–water partition coefficient (Wildman–Crippen LogP) is 2.30. The summed E-state index contributed by atoms with van der Waals surface area (Å²) in [6, 6.07) is 10.4. The van der Waals surface area contributed by atoms with Crippen LogP contribution in [-0.2, 0) is 11.3 Å². The summed E-state index contributed by atoms with van der Waals surface area (Å²) in [6.45, 7) is 6.02. The molecule has 0 aliphatic carbocycles. The van der Waals surface area contributed by atoms with Crippen molar-refractivity contribution >= 4 is 17.7 Å². The number of nitrogens with zero attached hydrogens (tertiary/aromatic N) is 1. The van der Waals surface area contributed by atoms with Gasteiger partial charge in [-0.25, -0.2) is 0 Å². The van der Waals surface area contributed by atoms with Gasteiger partial charge in [0.05, 0.1) is 0 Å². The van der Waals surface area contributed by atoms with E-state index in [9.17, 15) is 4.79 Å². The van der Waals surface area contributed by atoms with Crippen molar-refractivity contribution in [1.82, 2.24) is 10.2 Å². The Labute approximate surface area is 125 Å². The highest BCUT2D eigenvalue weighted by atomic mass is 32.2. The van der Waals surface area contributed by atoms with Crippen LogP contribution in [0.1, 0.15) is 12.0 Å². The molecule has 108 valence electrons. The van der Waals surface area contributed by atoms with Gasteiger partial charge in [-0.1, -0.05) is 36.4 Å². The maximum absolute atomic E-state index is 12.4. The first-order chi connectivity index (χ1) is 9.79. The molecule has 0 radical (unpaired) electrons. The van der Waals surface area contributed by atoms with E-state index in [1.165, 1.54) is 0 Å². The smallest absolute Gasteiger partial charge is 0.224 e. The summed E-state index contributed by atoms with van der Waals surface area (Å²) in [4.78, 5) is 14.3. The van der Waals surface area contributed by atoms with Crippen LogP contribution in [0, 0.1) is 0 Å². The third kappa shape index (κ3) is 4.69. The van der Waals surface area contributed by atoms with Gasteiger partial charge in [0.15, 0.2) is 0 Å². The van der Waals surface area contributed by atoms with Crippen molar-refractivity contribution in [2.45, 2.75) is 19.0 Å². The molecule has 1 heterocycles. The van der Waals surface area contributed by atoms with Gasteiger partial charge in [-0.15, -0.1) is 6.58 Å². The van der Waals surface area contributed by atoms with E-state index >= 15 is 0 Å². The Morgan fingerprint density at radius 2 is 2.25 bits per heavy atom. The Morgan fingerprint density at radius 1 is 1.45 bits per heavy atom. The first-order valence-electron chi connectivity index (χ1n) is 7.03. The van der Waals surface area contributed by atoms with Gasteiger partial charge < -0.3 is 10.2 Å². The highest BCUT2D eigenvalue weighted by Gasteiger charge is 2.20. The molecule has 1 atom stereocenters. The SMILES string of the molecule is C=CCN(Cc1ccccc1)C(=O)CC1CSCCN1. The highest BCUT2D eigenvalue weighted by molar-refractivity contribution is 7.99. The number of hydrogen-bond acceptors (Lipinski definition) is 3. The number of amides is 1. The normalized spacial score (nSPS) is 18.5. The van der Waals surface area contributed by atoms with Gasteiger partial charge >= 0.3 is 0 Å². The molecule has 1 saturated heterocycles. The number of carbonyl (C=O) groups excluding carboxylic acids is 1. The van der Waals surface area contributed by atoms with E-state index in [-0.39, 0.29) is 5.91 Å². The van der Waals surface area contributed by atoms with Crippen molar-refractivity contribution in [3.05, 3.63) is 48.6 Å². The molecule has 0 aromatic heterocycles. The van der Waals surface area contributed by atoms with Gasteiger partial charge in [-0.2, -0.15) is 11.8 Å². The summed E-state index contributed by atoms with van der Waals surface area (Å²) in [5, 5.41) is 3.42. The van der Waals surface area contributed by atoms with Crippen LogP contribution in [-0.4, -0.2) is 41.4 Å². The van der Waals surface area contributed by atoms with E-state index in [0.29, 0.717) is 25.6 Å². The van der Waals surface area contributed by atoms with E-state index in [0.717, 1.165) is 23.6 Å². The molecule has 3 nitrogen and oxygen atoms in total. The van der Waals surface area contributed by atoms with Crippen LogP contribution >= 0.6 is 11.8 Å². The lowest BCUT2D eigenvalue weighted by molar-refractivity contribution is -0.131. The molecular weight excluding hydrogens is 268 g/mol. The molecule has 1 aromatic rings. The number of benzene rings is 1. The van der Waals surface area contributed by atoms with Crippen LogP contribution in [0.3, 0.4) is 0 Å². The summed E-state index contributed by atoms with van der Waals surface area (Å²) in [5.74, 6) is 2.37. The van der Waals surface area contributed by atoms with Crippen molar-refractivity contribution in [3.8, 4) is 0 Å². The van der Waals surface area contributed by atoms with E-state index in [1.807, 2.05) is 34.9 Å². The molecule has 1 amide bonds. The second-order valence-corrected chi connectivity index (χ2v) is 6.13. The van der Waals surface area contributed by atoms with Crippen molar-refractivity contribution in [2.75, 3.05) is 24.6 Å². The molecular formula is C16H22N2OS. The van der Waals surface area contributed by atoms with Crippen LogP contribution in [0.4, 0.5) is 0 Å². The largest absolute Gasteiger partial charge is 0.335 e. The van der Waals surface area contributed by atoms with E-state index in [4.69, 9.17) is 0 Å². The molecule has 1 aliphatic heterocycles. The number of carbonyl (C=O) groups is 1. The molecule has 0 spiro atoms. The monoisotopic (exact) mass is 290 g/mol. The van der Waals surface area contributed by atoms with Gasteiger partial charge in [-0.05, 0) is 5.56 Å². The first kappa shape index (κ1) is 15.1. The Kier molecular flexibility index (Phi) is 6.15. The van der Waals surface area contributed by atoms with Crippen LogP contribution in [0.2, 0.25) is 0 Å². The second-order valence-electron chi connectivity index (χ2n) is 4.98. The highest BCUT2D eigenvalue weighted by Crippen LogP contribution is 2.13. The summed E-state index contributed by atoms with van der Waals surface area (Å²) < 4.78 is 0. The minimum Gasteiger partial charge on any atom is -0.335 e. The standard InChI is InChI=1S/C16H22N2OS/c1-2-9-18(12-14-6-4-3-5-7-14)16(19)11-15-13-20-10-8-17-15/h2-7,15,17H,1,8-13H2. The first-order valence-corrected chi connectivity index (χ1v) is 8.19. The van der Waals surface area contributed by atoms with Crippen LogP contribution in [0.25, 0.3) is 0 Å². The van der Waals surface area contributed by atoms with Crippen molar-refractivity contribution in [2.24, 2.45) is 0 Å². The molecule has 1 N–H and O–H groups in total. The predicted molar refractivity (Wildman–Crippen MR) is 85.8 cm³/mol. The average molecular weight is 290 g/mol. The van der Waals surface area contributed by atoms with Gasteiger partial charge in [0.1, 0.15) is 0 Å². The Balaban J connectivity index is 1.92. The van der Waals surface area contributed by atoms with Crippen molar-refractivity contribution < 1.29 is 4.79 Å². The Hall–Kier alpha value is -1.26. The summed E-state index contributed by atoms with van der Waals surface area (Å²) in [5.41, 5.74) is 1.16. The number of thioether (sulfide) groups is 1. The van der Waals surface area contributed by atoms with Crippen LogP contribution in [0.5, 0.6) is 0 Å². The summed E-state index contributed by atoms with van der Waals surface area (Å²) >= 11 is 1.92. The molecule has 1 fully saturated rings. The minimum atomic E-state index is 0.203. The molecule has 1 aliphatic rings. The fourth-order valence-corrected chi connectivity index (χ4v) is 3.25. The Morgan fingerprint density at radius 3 is 2.90 bits per heavy atom. The third-order valence-corrected chi connectivity index (χ3v) is 4.47. The third-order valence-electron chi connectivity index (χ3n) is 3.34. The van der Waals surface area contributed by atoms with Crippen molar-refractivity contribution in [1.29, 1.82) is 0 Å². The maximum atomic E-state index is 12.4. The second kappa shape index (κ2) is 8.12. The molecule has 1 unspecified atom stereocenters. The average Bonchev–Trinajstić information content (AvgIpc) is 2.49. The maximum Gasteiger partial charge on any atom is 0.224 e. The quantitative estimate of drug-likeness (QED) is 0.816. The molecule has 20 heavy (non-hydrogen) atoms.